The first-order chi connectivity index (χ1) is 22.7. The van der Waals surface area contributed by atoms with Gasteiger partial charge in [0.15, 0.2) is 0 Å². The highest BCUT2D eigenvalue weighted by Gasteiger charge is 2.44. The Balaban J connectivity index is 1.47. The molecule has 0 aliphatic heterocycles. The van der Waals surface area contributed by atoms with Crippen molar-refractivity contribution in [3.63, 3.8) is 0 Å². The van der Waals surface area contributed by atoms with Gasteiger partial charge in [-0.15, -0.1) is 0 Å². The molecule has 232 valence electrons. The van der Waals surface area contributed by atoms with E-state index in [0.717, 1.165) is 11.3 Å². The molecular weight excluding hydrogens is 585 g/mol. The molecule has 0 atom stereocenters. The van der Waals surface area contributed by atoms with Gasteiger partial charge in [0.05, 0.1) is 8.07 Å². The first kappa shape index (κ1) is 30.7. The van der Waals surface area contributed by atoms with Gasteiger partial charge in [0, 0.05) is 11.1 Å². The van der Waals surface area contributed by atoms with Gasteiger partial charge in [0.2, 0.25) is 0 Å². The van der Waals surface area contributed by atoms with Crippen molar-refractivity contribution in [2.75, 3.05) is 6.61 Å². The summed E-state index contributed by atoms with van der Waals surface area (Å²) in [7, 11) is -2.36. The number of fused-ring (bicyclic) bond motifs is 3. The van der Waals surface area contributed by atoms with Gasteiger partial charge in [-0.1, -0.05) is 164 Å². The Hall–Kier alpha value is -4.92. The predicted molar refractivity (Wildman–Crippen MR) is 203 cm³/mol. The summed E-state index contributed by atoms with van der Waals surface area (Å²) in [6.45, 7) is 16.1. The summed E-state index contributed by atoms with van der Waals surface area (Å²) in [4.78, 5) is 0. The topological polar surface area (TPSA) is 9.23 Å². The van der Waals surface area contributed by atoms with Crippen LogP contribution in [0.4, 0.5) is 0 Å². The Morgan fingerprint density at radius 2 is 1.06 bits per heavy atom. The molecule has 0 saturated heterocycles. The maximum Gasteiger partial charge on any atom is 0.126 e. The molecular formula is C45H42OSi. The van der Waals surface area contributed by atoms with Gasteiger partial charge in [-0.05, 0) is 82.1 Å². The van der Waals surface area contributed by atoms with Crippen molar-refractivity contribution in [1.29, 1.82) is 0 Å². The van der Waals surface area contributed by atoms with Crippen LogP contribution in [0.2, 0.25) is 13.1 Å². The molecule has 7 rings (SSSR count). The van der Waals surface area contributed by atoms with Crippen molar-refractivity contribution in [3.8, 4) is 50.3 Å². The van der Waals surface area contributed by atoms with Gasteiger partial charge in [0.1, 0.15) is 12.4 Å². The van der Waals surface area contributed by atoms with E-state index in [9.17, 15) is 0 Å². The molecule has 0 heterocycles. The summed E-state index contributed by atoms with van der Waals surface area (Å²) in [5.74, 6) is 0.998. The van der Waals surface area contributed by atoms with Crippen LogP contribution in [0.25, 0.3) is 44.5 Å². The first-order valence-corrected chi connectivity index (χ1v) is 19.7. The van der Waals surface area contributed by atoms with Crippen LogP contribution in [0.1, 0.15) is 33.4 Å². The highest BCUT2D eigenvalue weighted by atomic mass is 28.3. The SMILES string of the molecule is C=CCOc1c(-c2ccccc2)cc(C)cc1[Si](C)(C)C1c2cc(-c3ccc(C)cc3)ccc2-c2ccc(-c3ccc(C)cc3)cc21. The lowest BCUT2D eigenvalue weighted by Gasteiger charge is -2.34. The fraction of sp³-hybridized carbons (Fsp3) is 0.156. The molecule has 0 N–H and O–H groups in total. The second kappa shape index (κ2) is 12.4. The normalized spacial score (nSPS) is 12.4. The van der Waals surface area contributed by atoms with Crippen molar-refractivity contribution >= 4 is 13.3 Å². The van der Waals surface area contributed by atoms with Gasteiger partial charge < -0.3 is 4.74 Å². The van der Waals surface area contributed by atoms with Crippen LogP contribution < -0.4 is 9.92 Å². The predicted octanol–water partition coefficient (Wildman–Crippen LogP) is 11.4. The summed E-state index contributed by atoms with van der Waals surface area (Å²) in [5.41, 5.74) is 17.0. The molecule has 47 heavy (non-hydrogen) atoms. The minimum Gasteiger partial charge on any atom is -0.489 e. The minimum atomic E-state index is -2.36. The highest BCUT2D eigenvalue weighted by molar-refractivity contribution is 6.92. The molecule has 1 nitrogen and oxygen atoms in total. The zero-order valence-electron chi connectivity index (χ0n) is 28.1. The summed E-state index contributed by atoms with van der Waals surface area (Å²) in [6, 6.07) is 47.5. The van der Waals surface area contributed by atoms with Crippen LogP contribution >= 0.6 is 0 Å². The zero-order chi connectivity index (χ0) is 32.7. The smallest absolute Gasteiger partial charge is 0.126 e. The number of aryl methyl sites for hydroxylation is 3. The maximum absolute atomic E-state index is 6.67. The molecule has 0 aromatic heterocycles. The van der Waals surface area contributed by atoms with Gasteiger partial charge in [-0.3, -0.25) is 0 Å². The number of benzene rings is 6. The second-order valence-corrected chi connectivity index (χ2v) is 18.2. The van der Waals surface area contributed by atoms with E-state index >= 15 is 0 Å². The lowest BCUT2D eigenvalue weighted by atomic mass is 9.97. The molecule has 0 amide bonds. The first-order valence-electron chi connectivity index (χ1n) is 16.6. The van der Waals surface area contributed by atoms with Crippen molar-refractivity contribution < 1.29 is 4.74 Å². The van der Waals surface area contributed by atoms with Crippen molar-refractivity contribution in [2.45, 2.75) is 39.4 Å². The standard InChI is InChI=1S/C45H42OSi/c1-7-25-46-44-40(35-11-9-8-10-12-35)26-32(4)27-43(44)47(5,6)45-41-28-36(33-17-13-30(2)14-18-33)21-23-38(41)39-24-22-37(29-42(39)45)34-19-15-31(3)16-20-34/h7-24,26-29,45H,1,25H2,2-6H3. The van der Waals surface area contributed by atoms with Crippen LogP contribution in [0.15, 0.2) is 140 Å². The van der Waals surface area contributed by atoms with Crippen LogP contribution in [0.3, 0.4) is 0 Å². The molecule has 0 bridgehead atoms. The fourth-order valence-electron chi connectivity index (χ4n) is 7.43. The number of rotatable bonds is 8. The monoisotopic (exact) mass is 626 g/mol. The maximum atomic E-state index is 6.67. The minimum absolute atomic E-state index is 0.236. The fourth-order valence-corrected chi connectivity index (χ4v) is 11.2. The highest BCUT2D eigenvalue weighted by Crippen LogP contribution is 2.51. The van der Waals surface area contributed by atoms with Gasteiger partial charge >= 0.3 is 0 Å². The lowest BCUT2D eigenvalue weighted by molar-refractivity contribution is 0.367. The van der Waals surface area contributed by atoms with E-state index < -0.39 is 8.07 Å². The molecule has 1 aliphatic rings. The Labute approximate surface area is 281 Å². The second-order valence-electron chi connectivity index (χ2n) is 13.6. The van der Waals surface area contributed by atoms with Crippen LogP contribution in [0, 0.1) is 20.8 Å². The van der Waals surface area contributed by atoms with Crippen LogP contribution in [-0.4, -0.2) is 14.7 Å². The van der Waals surface area contributed by atoms with E-state index in [4.69, 9.17) is 4.74 Å². The molecule has 6 aromatic carbocycles. The van der Waals surface area contributed by atoms with Gasteiger partial charge in [-0.25, -0.2) is 0 Å². The van der Waals surface area contributed by atoms with Crippen molar-refractivity contribution in [3.05, 3.63) is 168 Å². The largest absolute Gasteiger partial charge is 0.489 e. The lowest BCUT2D eigenvalue weighted by Crippen LogP contribution is -2.48. The Morgan fingerprint density at radius 1 is 0.553 bits per heavy atom. The third-order valence-corrected chi connectivity index (χ3v) is 13.7. The van der Waals surface area contributed by atoms with Crippen molar-refractivity contribution in [2.24, 2.45) is 0 Å². The quantitative estimate of drug-likeness (QED) is 0.121. The summed E-state index contributed by atoms with van der Waals surface area (Å²) >= 11 is 0. The van der Waals surface area contributed by atoms with E-state index in [2.05, 4.69) is 168 Å². The molecule has 0 saturated carbocycles. The summed E-state index contributed by atoms with van der Waals surface area (Å²) in [5, 5.41) is 1.35. The van der Waals surface area contributed by atoms with Gasteiger partial charge in [0.25, 0.3) is 0 Å². The van der Waals surface area contributed by atoms with Crippen LogP contribution in [0.5, 0.6) is 5.75 Å². The van der Waals surface area contributed by atoms with E-state index in [1.54, 1.807) is 0 Å². The number of hydrogen-bond donors (Lipinski definition) is 0. The van der Waals surface area contributed by atoms with E-state index in [1.165, 1.54) is 71.9 Å². The Kier molecular flexibility index (Phi) is 8.07. The molecule has 0 radical (unpaired) electrons. The average Bonchev–Trinajstić information content (AvgIpc) is 3.42. The molecule has 2 heteroatoms. The van der Waals surface area contributed by atoms with E-state index in [1.807, 2.05) is 6.08 Å². The summed E-state index contributed by atoms with van der Waals surface area (Å²) < 4.78 is 6.67. The third kappa shape index (κ3) is 5.68. The molecule has 6 aromatic rings. The van der Waals surface area contributed by atoms with Crippen molar-refractivity contribution in [1.82, 2.24) is 0 Å². The van der Waals surface area contributed by atoms with Gasteiger partial charge in [-0.2, -0.15) is 0 Å². The molecule has 0 unspecified atom stereocenters. The Morgan fingerprint density at radius 3 is 1.57 bits per heavy atom. The zero-order valence-corrected chi connectivity index (χ0v) is 29.1. The molecule has 1 aliphatic carbocycles. The third-order valence-electron chi connectivity index (χ3n) is 9.86. The Bertz CT molecular complexity index is 1990. The average molecular weight is 627 g/mol. The molecule has 0 fully saturated rings. The van der Waals surface area contributed by atoms with E-state index in [-0.39, 0.29) is 5.54 Å². The van der Waals surface area contributed by atoms with E-state index in [0.29, 0.717) is 6.61 Å². The molecule has 0 spiro atoms. The number of hydrogen-bond acceptors (Lipinski definition) is 1. The van der Waals surface area contributed by atoms with Crippen LogP contribution in [-0.2, 0) is 0 Å². The number of ether oxygens (including phenoxy) is 1. The summed E-state index contributed by atoms with van der Waals surface area (Å²) in [6.07, 6.45) is 1.86.